The minimum atomic E-state index is -3.93. The molecule has 8 rings (SSSR count). The molecule has 3 amide bonds. The van der Waals surface area contributed by atoms with Crippen molar-refractivity contribution in [2.45, 2.75) is 87.8 Å². The zero-order valence-corrected chi connectivity index (χ0v) is 30.7. The van der Waals surface area contributed by atoms with E-state index >= 15 is 0 Å². The Labute approximate surface area is 317 Å². The number of para-hydroxylation sites is 2. The Morgan fingerprint density at radius 1 is 0.873 bits per heavy atom. The molecule has 4 aliphatic rings. The summed E-state index contributed by atoms with van der Waals surface area (Å²) in [5.74, 6) is -2.76. The average Bonchev–Trinajstić information content (AvgIpc) is 4.11. The van der Waals surface area contributed by atoms with Crippen LogP contribution in [0.2, 0.25) is 0 Å². The SMILES string of the molecule is O=C(O)N[C@H]1CCCCC2=C(C2)/N=C\[C@H]2[C@@H](C(=O)NS(=O)(=O)C3CC3)CC(=O)N2[C@H](Oc2nc3ccccc3nc2-c2cccc3ccccc23)CCC1=O. The van der Waals surface area contributed by atoms with Crippen LogP contribution in [0, 0.1) is 5.92 Å². The minimum Gasteiger partial charge on any atom is -0.465 e. The van der Waals surface area contributed by atoms with Crippen LogP contribution in [0.1, 0.15) is 64.2 Å². The third kappa shape index (κ3) is 7.79. The molecule has 55 heavy (non-hydrogen) atoms. The molecule has 3 aromatic carbocycles. The van der Waals surface area contributed by atoms with Crippen LogP contribution in [0.15, 0.2) is 83.0 Å². The molecule has 3 N–H and O–H groups in total. The number of fused-ring (bicyclic) bond motifs is 3. The number of Topliss-reactive ketones (excluding diaryl/α,β-unsaturated/α-hetero) is 1. The summed E-state index contributed by atoms with van der Waals surface area (Å²) < 4.78 is 34.8. The van der Waals surface area contributed by atoms with Gasteiger partial charge >= 0.3 is 6.09 Å². The zero-order valence-electron chi connectivity index (χ0n) is 29.9. The van der Waals surface area contributed by atoms with Crippen LogP contribution in [-0.2, 0) is 24.4 Å². The van der Waals surface area contributed by atoms with E-state index in [2.05, 4.69) is 10.0 Å². The standard InChI is InChI=1S/C40H40N6O8S/c47-34-18-19-36(54-39-37(42-29-13-5-6-14-30(29)43-39)27-12-7-10-23-8-1-3-11-26(23)27)46-33(28(21-35(46)48)38(49)45-55(52,53)25-16-17-25)22-41-32-20-24(32)9-2-4-15-31(34)44-40(50)51/h1,3,5-8,10-14,22,25,28,31,33,36,44H,2,4,9,15-21H2,(H,45,49)(H,50,51)/b41-22-/t28-,31-,33-,36+/m0/s1. The van der Waals surface area contributed by atoms with Gasteiger partial charge in [0.1, 0.15) is 5.69 Å². The molecule has 0 unspecified atom stereocenters. The number of carbonyl (C=O) groups is 4. The molecule has 0 bridgehead atoms. The molecule has 4 aromatic rings. The number of ketones is 1. The summed E-state index contributed by atoms with van der Waals surface area (Å²) in [6.45, 7) is 0. The second-order valence-corrected chi connectivity index (χ2v) is 16.5. The number of nitrogens with zero attached hydrogens (tertiary/aromatic N) is 4. The van der Waals surface area contributed by atoms with E-state index in [0.29, 0.717) is 60.8 Å². The summed E-state index contributed by atoms with van der Waals surface area (Å²) in [7, 11) is -3.93. The third-order valence-electron chi connectivity index (χ3n) is 10.7. The Morgan fingerprint density at radius 3 is 2.40 bits per heavy atom. The summed E-state index contributed by atoms with van der Waals surface area (Å²) in [5, 5.41) is 13.1. The van der Waals surface area contributed by atoms with E-state index < -0.39 is 57.4 Å². The van der Waals surface area contributed by atoms with Gasteiger partial charge in [0.15, 0.2) is 12.0 Å². The molecule has 14 nitrogen and oxygen atoms in total. The molecule has 4 atom stereocenters. The number of nitrogens with one attached hydrogen (secondary N) is 2. The predicted molar refractivity (Wildman–Crippen MR) is 204 cm³/mol. The Kier molecular flexibility index (Phi) is 9.80. The number of ether oxygens (including phenoxy) is 1. The highest BCUT2D eigenvalue weighted by Gasteiger charge is 2.49. The fourth-order valence-corrected chi connectivity index (χ4v) is 8.92. The number of aromatic nitrogens is 2. The molecule has 2 fully saturated rings. The van der Waals surface area contributed by atoms with Crippen LogP contribution in [0.3, 0.4) is 0 Å². The molecule has 0 spiro atoms. The van der Waals surface area contributed by atoms with Gasteiger partial charge in [-0.25, -0.2) is 23.2 Å². The monoisotopic (exact) mass is 764 g/mol. The summed E-state index contributed by atoms with van der Waals surface area (Å²) in [6, 6.07) is 18.8. The molecule has 2 aliphatic carbocycles. The van der Waals surface area contributed by atoms with Gasteiger partial charge in [-0.3, -0.25) is 29.0 Å². The fourth-order valence-electron chi connectivity index (χ4n) is 7.57. The molecule has 1 aromatic heterocycles. The summed E-state index contributed by atoms with van der Waals surface area (Å²) in [4.78, 5) is 69.4. The summed E-state index contributed by atoms with van der Waals surface area (Å²) >= 11 is 0. The van der Waals surface area contributed by atoms with Gasteiger partial charge in [0.2, 0.25) is 27.7 Å². The first kappa shape index (κ1) is 36.3. The van der Waals surface area contributed by atoms with E-state index in [1.807, 2.05) is 60.7 Å². The lowest BCUT2D eigenvalue weighted by Crippen LogP contribution is -2.50. The number of amides is 3. The molecular weight excluding hydrogens is 725 g/mol. The van der Waals surface area contributed by atoms with Crippen LogP contribution >= 0.6 is 0 Å². The Hall–Kier alpha value is -5.70. The van der Waals surface area contributed by atoms with Gasteiger partial charge in [0.25, 0.3) is 0 Å². The van der Waals surface area contributed by atoms with Gasteiger partial charge in [-0.2, -0.15) is 0 Å². The van der Waals surface area contributed by atoms with Crippen LogP contribution in [0.25, 0.3) is 33.1 Å². The molecule has 3 heterocycles. The normalized spacial score (nSPS) is 24.0. The minimum absolute atomic E-state index is 0.0746. The van der Waals surface area contributed by atoms with Gasteiger partial charge in [-0.1, -0.05) is 61.0 Å². The zero-order chi connectivity index (χ0) is 38.3. The van der Waals surface area contributed by atoms with Crippen molar-refractivity contribution in [3.8, 4) is 17.1 Å². The topological polar surface area (TPSA) is 197 Å². The van der Waals surface area contributed by atoms with E-state index in [1.165, 1.54) is 11.1 Å². The van der Waals surface area contributed by atoms with Crippen LogP contribution in [-0.4, -0.2) is 81.9 Å². The van der Waals surface area contributed by atoms with Crippen molar-refractivity contribution in [3.05, 3.63) is 78.0 Å². The number of sulfonamides is 1. The molecule has 1 saturated carbocycles. The maximum absolute atomic E-state index is 14.2. The molecule has 1 saturated heterocycles. The van der Waals surface area contributed by atoms with Crippen molar-refractivity contribution in [2.75, 3.05) is 0 Å². The maximum Gasteiger partial charge on any atom is 0.405 e. The number of carboxylic acid groups (broad SMARTS) is 1. The van der Waals surface area contributed by atoms with Crippen molar-refractivity contribution in [1.82, 2.24) is 24.9 Å². The van der Waals surface area contributed by atoms with E-state index in [1.54, 1.807) is 6.07 Å². The van der Waals surface area contributed by atoms with Crippen LogP contribution in [0.4, 0.5) is 4.79 Å². The lowest BCUT2D eigenvalue weighted by Gasteiger charge is -2.33. The molecule has 0 radical (unpaired) electrons. The molecule has 284 valence electrons. The lowest BCUT2D eigenvalue weighted by molar-refractivity contribution is -0.137. The number of hydrogen-bond donors (Lipinski definition) is 3. The number of aliphatic imine (C=N–C) groups is 1. The second-order valence-electron chi connectivity index (χ2n) is 14.5. The quantitative estimate of drug-likeness (QED) is 0.223. The van der Waals surface area contributed by atoms with Gasteiger partial charge in [-0.05, 0) is 60.6 Å². The first-order valence-electron chi connectivity index (χ1n) is 18.6. The van der Waals surface area contributed by atoms with Crippen LogP contribution in [0.5, 0.6) is 5.88 Å². The van der Waals surface area contributed by atoms with Gasteiger partial charge in [-0.15, -0.1) is 0 Å². The number of hydrogen-bond acceptors (Lipinski definition) is 10. The van der Waals surface area contributed by atoms with Crippen LogP contribution < -0.4 is 14.8 Å². The van der Waals surface area contributed by atoms with Gasteiger partial charge in [0.05, 0.1) is 34.3 Å². The number of benzene rings is 3. The molecule has 2 aliphatic heterocycles. The van der Waals surface area contributed by atoms with Crippen molar-refractivity contribution in [1.29, 1.82) is 0 Å². The van der Waals surface area contributed by atoms with E-state index in [9.17, 15) is 32.7 Å². The molecular formula is C40H40N6O8S. The number of allylic oxidation sites excluding steroid dienone is 2. The largest absolute Gasteiger partial charge is 0.465 e. The lowest BCUT2D eigenvalue weighted by atomic mass is 9.99. The number of rotatable bonds is 7. The van der Waals surface area contributed by atoms with Gasteiger partial charge < -0.3 is 15.2 Å². The predicted octanol–water partition coefficient (Wildman–Crippen LogP) is 5.27. The summed E-state index contributed by atoms with van der Waals surface area (Å²) in [6.07, 6.45) is 2.24. The fraction of sp³-hybridized carbons (Fsp3) is 0.375. The van der Waals surface area contributed by atoms with E-state index in [-0.39, 0.29) is 30.9 Å². The Balaban J connectivity index is 1.23. The highest BCUT2D eigenvalue weighted by molar-refractivity contribution is 7.90. The first-order valence-corrected chi connectivity index (χ1v) is 20.2. The first-order chi connectivity index (χ1) is 26.6. The highest BCUT2D eigenvalue weighted by Crippen LogP contribution is 2.39. The summed E-state index contributed by atoms with van der Waals surface area (Å²) in [5.41, 5.74) is 4.12. The number of carbonyl (C=O) groups excluding carboxylic acids is 3. The van der Waals surface area contributed by atoms with Crippen molar-refractivity contribution in [2.24, 2.45) is 10.9 Å². The third-order valence-corrected chi connectivity index (χ3v) is 12.5. The molecule has 15 heteroatoms. The maximum atomic E-state index is 14.2. The van der Waals surface area contributed by atoms with Crippen molar-refractivity contribution >= 4 is 61.7 Å². The highest BCUT2D eigenvalue weighted by atomic mass is 32.2. The smallest absolute Gasteiger partial charge is 0.405 e. The van der Waals surface area contributed by atoms with E-state index in [0.717, 1.165) is 28.5 Å². The van der Waals surface area contributed by atoms with E-state index in [4.69, 9.17) is 19.7 Å². The second kappa shape index (κ2) is 14.9. The van der Waals surface area contributed by atoms with Gasteiger partial charge in [0, 0.05) is 43.2 Å². The van der Waals surface area contributed by atoms with Crippen molar-refractivity contribution in [3.63, 3.8) is 0 Å². The average molecular weight is 765 g/mol. The Morgan fingerprint density at radius 2 is 1.62 bits per heavy atom. The van der Waals surface area contributed by atoms with Crippen molar-refractivity contribution < 1.29 is 37.4 Å². The Bertz CT molecular complexity index is 2390.